The van der Waals surface area contributed by atoms with Crippen LogP contribution in [0.2, 0.25) is 0 Å². The average Bonchev–Trinajstić information content (AvgIpc) is 2.37. The van der Waals surface area contributed by atoms with Crippen molar-refractivity contribution < 1.29 is 5.11 Å². The molecular formula is C16H26N4O. The van der Waals surface area contributed by atoms with Crippen molar-refractivity contribution in [2.45, 2.75) is 26.4 Å². The number of rotatable bonds is 4. The largest absolute Gasteiger partial charge is 0.389 e. The Morgan fingerprint density at radius 2 is 1.90 bits per heavy atom. The first-order valence-corrected chi connectivity index (χ1v) is 7.41. The van der Waals surface area contributed by atoms with Crippen LogP contribution in [0.5, 0.6) is 0 Å². The molecule has 1 aliphatic rings. The van der Waals surface area contributed by atoms with Gasteiger partial charge in [0.1, 0.15) is 5.84 Å². The van der Waals surface area contributed by atoms with E-state index in [0.717, 1.165) is 37.3 Å². The molecule has 116 valence electrons. The number of aryl methyl sites for hydroxylation is 1. The number of benzene rings is 1. The lowest BCUT2D eigenvalue weighted by Gasteiger charge is -2.38. The third-order valence-electron chi connectivity index (χ3n) is 3.85. The molecule has 21 heavy (non-hydrogen) atoms. The Balaban J connectivity index is 1.99. The summed E-state index contributed by atoms with van der Waals surface area (Å²) in [6.45, 7) is 10.2. The van der Waals surface area contributed by atoms with Gasteiger partial charge in [0.25, 0.3) is 0 Å². The molecule has 0 saturated carbocycles. The Hall–Kier alpha value is -1.59. The third-order valence-corrected chi connectivity index (χ3v) is 3.85. The van der Waals surface area contributed by atoms with E-state index in [2.05, 4.69) is 15.9 Å². The SMILES string of the molecule is Cc1cc(N2CCN(CC(C)(C)O)CC2)ccc1C(=N)N. The van der Waals surface area contributed by atoms with Gasteiger partial charge in [0.05, 0.1) is 5.60 Å². The quantitative estimate of drug-likeness (QED) is 0.575. The lowest BCUT2D eigenvalue weighted by atomic mass is 10.1. The predicted octanol–water partition coefficient (Wildman–Crippen LogP) is 1.17. The minimum Gasteiger partial charge on any atom is -0.389 e. The number of nitrogens with one attached hydrogen (secondary N) is 1. The molecular weight excluding hydrogens is 264 g/mol. The molecule has 0 spiro atoms. The second kappa shape index (κ2) is 6.03. The van der Waals surface area contributed by atoms with Gasteiger partial charge in [0.15, 0.2) is 0 Å². The number of nitrogens with zero attached hydrogens (tertiary/aromatic N) is 2. The van der Waals surface area contributed by atoms with Crippen LogP contribution in [0.25, 0.3) is 0 Å². The molecule has 0 atom stereocenters. The number of hydrogen-bond donors (Lipinski definition) is 3. The molecule has 1 saturated heterocycles. The highest BCUT2D eigenvalue weighted by Gasteiger charge is 2.23. The Morgan fingerprint density at radius 1 is 1.29 bits per heavy atom. The van der Waals surface area contributed by atoms with Crippen LogP contribution in [-0.4, -0.2) is 54.2 Å². The first kappa shape index (κ1) is 15.8. The van der Waals surface area contributed by atoms with E-state index in [-0.39, 0.29) is 5.84 Å². The smallest absolute Gasteiger partial charge is 0.123 e. The molecule has 2 rings (SSSR count). The van der Waals surface area contributed by atoms with Crippen molar-refractivity contribution in [1.29, 1.82) is 5.41 Å². The molecule has 1 aromatic rings. The van der Waals surface area contributed by atoms with Gasteiger partial charge < -0.3 is 15.7 Å². The maximum atomic E-state index is 9.88. The molecule has 0 aliphatic carbocycles. The molecule has 4 N–H and O–H groups in total. The van der Waals surface area contributed by atoms with Gasteiger partial charge in [-0.15, -0.1) is 0 Å². The maximum Gasteiger partial charge on any atom is 0.123 e. The summed E-state index contributed by atoms with van der Waals surface area (Å²) in [7, 11) is 0. The van der Waals surface area contributed by atoms with Crippen LogP contribution in [0.4, 0.5) is 5.69 Å². The molecule has 5 heteroatoms. The first-order chi connectivity index (χ1) is 9.76. The standard InChI is InChI=1S/C16H26N4O/c1-12-10-13(4-5-14(12)15(17)18)20-8-6-19(7-9-20)11-16(2,3)21/h4-5,10,21H,6-9,11H2,1-3H3,(H3,17,18). The zero-order valence-corrected chi connectivity index (χ0v) is 13.2. The molecule has 1 heterocycles. The Bertz CT molecular complexity index is 513. The highest BCUT2D eigenvalue weighted by atomic mass is 16.3. The number of piperazine rings is 1. The lowest BCUT2D eigenvalue weighted by Crippen LogP contribution is -2.50. The summed E-state index contributed by atoms with van der Waals surface area (Å²) in [5.74, 6) is 0.119. The summed E-state index contributed by atoms with van der Waals surface area (Å²) >= 11 is 0. The predicted molar refractivity (Wildman–Crippen MR) is 87.1 cm³/mol. The van der Waals surface area contributed by atoms with E-state index >= 15 is 0 Å². The second-order valence-electron chi connectivity index (χ2n) is 6.49. The normalized spacial score (nSPS) is 17.0. The number of β-amino-alcohol motifs (C(OH)–C–C–N with tert-alkyl or cyclic N) is 1. The van der Waals surface area contributed by atoms with Crippen LogP contribution in [0, 0.1) is 12.3 Å². The van der Waals surface area contributed by atoms with E-state index in [0.29, 0.717) is 6.54 Å². The number of nitrogen functional groups attached to an aromatic ring is 1. The highest BCUT2D eigenvalue weighted by molar-refractivity contribution is 5.96. The van der Waals surface area contributed by atoms with Crippen LogP contribution in [-0.2, 0) is 0 Å². The average molecular weight is 290 g/mol. The van der Waals surface area contributed by atoms with E-state index in [1.165, 1.54) is 5.69 Å². The fraction of sp³-hybridized carbons (Fsp3) is 0.562. The summed E-state index contributed by atoms with van der Waals surface area (Å²) in [5.41, 5.74) is 7.95. The number of nitrogens with two attached hydrogens (primary N) is 1. The van der Waals surface area contributed by atoms with Crippen molar-refractivity contribution >= 4 is 11.5 Å². The Morgan fingerprint density at radius 3 is 2.38 bits per heavy atom. The van der Waals surface area contributed by atoms with Crippen molar-refractivity contribution in [3.8, 4) is 0 Å². The van der Waals surface area contributed by atoms with E-state index in [9.17, 15) is 5.11 Å². The number of hydrogen-bond acceptors (Lipinski definition) is 4. The van der Waals surface area contributed by atoms with E-state index in [4.69, 9.17) is 11.1 Å². The van der Waals surface area contributed by atoms with Crippen molar-refractivity contribution in [1.82, 2.24) is 4.90 Å². The third kappa shape index (κ3) is 4.19. The minimum absolute atomic E-state index is 0.119. The number of anilines is 1. The molecule has 0 radical (unpaired) electrons. The van der Waals surface area contributed by atoms with Crippen molar-refractivity contribution in [2.24, 2.45) is 5.73 Å². The molecule has 1 aliphatic heterocycles. The zero-order chi connectivity index (χ0) is 15.6. The molecule has 0 bridgehead atoms. The Labute approximate surface area is 126 Å². The summed E-state index contributed by atoms with van der Waals surface area (Å²) < 4.78 is 0. The zero-order valence-electron chi connectivity index (χ0n) is 13.2. The highest BCUT2D eigenvalue weighted by Crippen LogP contribution is 2.21. The maximum absolute atomic E-state index is 9.88. The van der Waals surface area contributed by atoms with Gasteiger partial charge in [-0.3, -0.25) is 10.3 Å². The van der Waals surface area contributed by atoms with Crippen LogP contribution in [0.1, 0.15) is 25.0 Å². The minimum atomic E-state index is -0.637. The lowest BCUT2D eigenvalue weighted by molar-refractivity contribution is 0.0345. The molecule has 0 aromatic heterocycles. The van der Waals surface area contributed by atoms with Crippen molar-refractivity contribution in [3.05, 3.63) is 29.3 Å². The van der Waals surface area contributed by atoms with E-state index < -0.39 is 5.60 Å². The van der Waals surface area contributed by atoms with Gasteiger partial charge in [0.2, 0.25) is 0 Å². The van der Waals surface area contributed by atoms with Gasteiger partial charge in [-0.25, -0.2) is 0 Å². The molecule has 1 aromatic carbocycles. The number of amidine groups is 1. The van der Waals surface area contributed by atoms with Crippen LogP contribution >= 0.6 is 0 Å². The van der Waals surface area contributed by atoms with Crippen molar-refractivity contribution in [3.63, 3.8) is 0 Å². The topological polar surface area (TPSA) is 76.6 Å². The van der Waals surface area contributed by atoms with Gasteiger partial charge in [-0.2, -0.15) is 0 Å². The van der Waals surface area contributed by atoms with Gasteiger partial charge in [-0.05, 0) is 44.5 Å². The van der Waals surface area contributed by atoms with Crippen LogP contribution < -0.4 is 10.6 Å². The number of aliphatic hydroxyl groups is 1. The molecule has 1 fully saturated rings. The molecule has 5 nitrogen and oxygen atoms in total. The molecule has 0 amide bonds. The van der Waals surface area contributed by atoms with Gasteiger partial charge in [-0.1, -0.05) is 0 Å². The van der Waals surface area contributed by atoms with Crippen LogP contribution in [0.3, 0.4) is 0 Å². The summed E-state index contributed by atoms with van der Waals surface area (Å²) in [6, 6.07) is 6.06. The summed E-state index contributed by atoms with van der Waals surface area (Å²) in [4.78, 5) is 4.64. The van der Waals surface area contributed by atoms with Crippen molar-refractivity contribution in [2.75, 3.05) is 37.6 Å². The Kier molecular flexibility index (Phi) is 4.54. The van der Waals surface area contributed by atoms with Crippen LogP contribution in [0.15, 0.2) is 18.2 Å². The fourth-order valence-electron chi connectivity index (χ4n) is 2.86. The monoisotopic (exact) mass is 290 g/mol. The van der Waals surface area contributed by atoms with E-state index in [1.54, 1.807) is 0 Å². The fourth-order valence-corrected chi connectivity index (χ4v) is 2.86. The van der Waals surface area contributed by atoms with E-state index in [1.807, 2.05) is 32.9 Å². The summed E-state index contributed by atoms with van der Waals surface area (Å²) in [5, 5.41) is 17.4. The van der Waals surface area contributed by atoms with Gasteiger partial charge in [0, 0.05) is 44.0 Å². The second-order valence-corrected chi connectivity index (χ2v) is 6.49. The van der Waals surface area contributed by atoms with Gasteiger partial charge >= 0.3 is 0 Å². The molecule has 0 unspecified atom stereocenters. The first-order valence-electron chi connectivity index (χ1n) is 7.41. The summed E-state index contributed by atoms with van der Waals surface area (Å²) in [6.07, 6.45) is 0.